The SMILES string of the molecule is CNC(=O)C1(Cc2cccc(-c3ccc(C)cc3)c2)CCN(C(=O)c2cc(C(C)C)no2)C1. The molecule has 1 fully saturated rings. The zero-order valence-electron chi connectivity index (χ0n) is 19.7. The quantitative estimate of drug-likeness (QED) is 0.602. The van der Waals surface area contributed by atoms with Gasteiger partial charge >= 0.3 is 0 Å². The third kappa shape index (κ3) is 4.70. The van der Waals surface area contributed by atoms with E-state index in [4.69, 9.17) is 4.52 Å². The second kappa shape index (κ2) is 9.22. The van der Waals surface area contributed by atoms with Crippen LogP contribution in [-0.2, 0) is 11.2 Å². The normalized spacial score (nSPS) is 18.0. The molecular weight excluding hydrogens is 414 g/mol. The number of likely N-dealkylation sites (tertiary alicyclic amines) is 1. The minimum atomic E-state index is -0.683. The van der Waals surface area contributed by atoms with Crippen LogP contribution in [0.25, 0.3) is 11.1 Å². The first kappa shape index (κ1) is 22.8. The fourth-order valence-electron chi connectivity index (χ4n) is 4.54. The number of amides is 2. The lowest BCUT2D eigenvalue weighted by Gasteiger charge is -2.27. The van der Waals surface area contributed by atoms with Crippen molar-refractivity contribution in [2.75, 3.05) is 20.1 Å². The van der Waals surface area contributed by atoms with Crippen LogP contribution in [0, 0.1) is 12.3 Å². The largest absolute Gasteiger partial charge is 0.359 e. The fraction of sp³-hybridized carbons (Fsp3) is 0.370. The van der Waals surface area contributed by atoms with Crippen molar-refractivity contribution in [3.8, 4) is 11.1 Å². The molecule has 33 heavy (non-hydrogen) atoms. The van der Waals surface area contributed by atoms with E-state index in [1.54, 1.807) is 18.0 Å². The molecule has 6 heteroatoms. The van der Waals surface area contributed by atoms with Gasteiger partial charge in [-0.3, -0.25) is 9.59 Å². The molecule has 2 heterocycles. The summed E-state index contributed by atoms with van der Waals surface area (Å²) in [5.41, 5.74) is 4.63. The van der Waals surface area contributed by atoms with Crippen LogP contribution in [-0.4, -0.2) is 42.0 Å². The molecule has 0 aliphatic carbocycles. The minimum Gasteiger partial charge on any atom is -0.359 e. The molecule has 1 atom stereocenters. The Morgan fingerprint density at radius 2 is 1.88 bits per heavy atom. The molecule has 3 aromatic rings. The van der Waals surface area contributed by atoms with E-state index >= 15 is 0 Å². The molecule has 4 rings (SSSR count). The van der Waals surface area contributed by atoms with Crippen LogP contribution in [0.3, 0.4) is 0 Å². The predicted molar refractivity (Wildman–Crippen MR) is 128 cm³/mol. The highest BCUT2D eigenvalue weighted by atomic mass is 16.5. The molecule has 1 aliphatic heterocycles. The van der Waals surface area contributed by atoms with E-state index in [2.05, 4.69) is 59.9 Å². The second-order valence-corrected chi connectivity index (χ2v) is 9.35. The lowest BCUT2D eigenvalue weighted by molar-refractivity contribution is -0.129. The van der Waals surface area contributed by atoms with Gasteiger partial charge < -0.3 is 14.7 Å². The zero-order valence-corrected chi connectivity index (χ0v) is 19.7. The number of aryl methyl sites for hydroxylation is 1. The molecule has 0 spiro atoms. The van der Waals surface area contributed by atoms with Gasteiger partial charge in [-0.1, -0.05) is 73.1 Å². The molecule has 1 aromatic heterocycles. The number of hydrogen-bond acceptors (Lipinski definition) is 4. The van der Waals surface area contributed by atoms with Crippen molar-refractivity contribution in [1.29, 1.82) is 0 Å². The summed E-state index contributed by atoms with van der Waals surface area (Å²) in [5, 5.41) is 6.83. The van der Waals surface area contributed by atoms with E-state index in [0.717, 1.165) is 22.4 Å². The van der Waals surface area contributed by atoms with E-state index in [-0.39, 0.29) is 23.5 Å². The lowest BCUT2D eigenvalue weighted by atomic mass is 9.79. The standard InChI is InChI=1S/C27H31N3O3/c1-18(2)23-15-24(33-29-23)25(31)30-13-12-27(17-30,26(32)28-4)16-20-6-5-7-22(14-20)21-10-8-19(3)9-11-21/h5-11,14-15,18H,12-13,16-17H2,1-4H3,(H,28,32). The molecule has 2 aromatic carbocycles. The van der Waals surface area contributed by atoms with Gasteiger partial charge in [0.05, 0.1) is 11.1 Å². The molecule has 1 unspecified atom stereocenters. The highest BCUT2D eigenvalue weighted by Crippen LogP contribution is 2.36. The van der Waals surface area contributed by atoms with Gasteiger partial charge in [0.2, 0.25) is 11.7 Å². The van der Waals surface area contributed by atoms with E-state index in [9.17, 15) is 9.59 Å². The van der Waals surface area contributed by atoms with E-state index in [1.807, 2.05) is 19.9 Å². The summed E-state index contributed by atoms with van der Waals surface area (Å²) in [4.78, 5) is 27.8. The summed E-state index contributed by atoms with van der Waals surface area (Å²) in [6.45, 7) is 6.93. The van der Waals surface area contributed by atoms with E-state index < -0.39 is 5.41 Å². The zero-order chi connectivity index (χ0) is 23.6. The van der Waals surface area contributed by atoms with E-state index in [0.29, 0.717) is 25.9 Å². The van der Waals surface area contributed by atoms with Crippen molar-refractivity contribution in [3.63, 3.8) is 0 Å². The predicted octanol–water partition coefficient (Wildman–Crippen LogP) is 4.59. The number of rotatable bonds is 6. The summed E-state index contributed by atoms with van der Waals surface area (Å²) in [7, 11) is 1.66. The molecule has 1 saturated heterocycles. The Bertz CT molecular complexity index is 1150. The second-order valence-electron chi connectivity index (χ2n) is 9.35. The Balaban J connectivity index is 1.56. The van der Waals surface area contributed by atoms with Gasteiger partial charge in [0, 0.05) is 26.2 Å². The highest BCUT2D eigenvalue weighted by Gasteiger charge is 2.46. The molecule has 0 saturated carbocycles. The van der Waals surface area contributed by atoms with Crippen LogP contribution in [0.1, 0.15) is 53.6 Å². The smallest absolute Gasteiger partial charge is 0.292 e. The summed E-state index contributed by atoms with van der Waals surface area (Å²) in [6.07, 6.45) is 1.15. The van der Waals surface area contributed by atoms with Crippen molar-refractivity contribution in [2.24, 2.45) is 5.41 Å². The first-order chi connectivity index (χ1) is 15.8. The maximum Gasteiger partial charge on any atom is 0.292 e. The number of nitrogens with zero attached hydrogens (tertiary/aromatic N) is 2. The van der Waals surface area contributed by atoms with Crippen molar-refractivity contribution in [3.05, 3.63) is 77.2 Å². The number of carbonyl (C=O) groups excluding carboxylic acids is 2. The van der Waals surface area contributed by atoms with Crippen LogP contribution < -0.4 is 5.32 Å². The lowest BCUT2D eigenvalue weighted by Crippen LogP contribution is -2.44. The van der Waals surface area contributed by atoms with Gasteiger partial charge in [-0.05, 0) is 42.4 Å². The molecule has 0 bridgehead atoms. The third-order valence-corrected chi connectivity index (χ3v) is 6.53. The number of benzene rings is 2. The van der Waals surface area contributed by atoms with E-state index in [1.165, 1.54) is 5.56 Å². The van der Waals surface area contributed by atoms with Crippen LogP contribution in [0.5, 0.6) is 0 Å². The Kier molecular flexibility index (Phi) is 6.36. The number of carbonyl (C=O) groups is 2. The topological polar surface area (TPSA) is 75.4 Å². The number of nitrogens with one attached hydrogen (secondary N) is 1. The molecular formula is C27H31N3O3. The minimum absolute atomic E-state index is 0.0426. The summed E-state index contributed by atoms with van der Waals surface area (Å²) in [6, 6.07) is 18.4. The van der Waals surface area contributed by atoms with Gasteiger partial charge in [0.1, 0.15) is 0 Å². The maximum absolute atomic E-state index is 13.1. The van der Waals surface area contributed by atoms with Crippen molar-refractivity contribution in [1.82, 2.24) is 15.4 Å². The molecule has 0 radical (unpaired) electrons. The Hall–Kier alpha value is -3.41. The Labute approximate surface area is 195 Å². The Morgan fingerprint density at radius 1 is 1.12 bits per heavy atom. The van der Waals surface area contributed by atoms with Crippen molar-refractivity contribution >= 4 is 11.8 Å². The summed E-state index contributed by atoms with van der Waals surface area (Å²) >= 11 is 0. The van der Waals surface area contributed by atoms with Gasteiger partial charge in [-0.15, -0.1) is 0 Å². The molecule has 2 amide bonds. The summed E-state index contributed by atoms with van der Waals surface area (Å²) in [5.74, 6) is 0.153. The maximum atomic E-state index is 13.1. The fourth-order valence-corrected chi connectivity index (χ4v) is 4.54. The van der Waals surface area contributed by atoms with Gasteiger partial charge in [0.25, 0.3) is 5.91 Å². The van der Waals surface area contributed by atoms with Gasteiger partial charge in [-0.2, -0.15) is 0 Å². The molecule has 1 aliphatic rings. The van der Waals surface area contributed by atoms with Crippen LogP contribution in [0.15, 0.2) is 59.1 Å². The Morgan fingerprint density at radius 3 is 2.55 bits per heavy atom. The van der Waals surface area contributed by atoms with Crippen LogP contribution in [0.4, 0.5) is 0 Å². The molecule has 1 N–H and O–H groups in total. The van der Waals surface area contributed by atoms with Crippen molar-refractivity contribution in [2.45, 2.75) is 39.5 Å². The number of hydrogen-bond donors (Lipinski definition) is 1. The molecule has 172 valence electrons. The van der Waals surface area contributed by atoms with Crippen LogP contribution in [0.2, 0.25) is 0 Å². The van der Waals surface area contributed by atoms with Crippen molar-refractivity contribution < 1.29 is 14.1 Å². The monoisotopic (exact) mass is 445 g/mol. The van der Waals surface area contributed by atoms with Crippen LogP contribution >= 0.6 is 0 Å². The number of aromatic nitrogens is 1. The first-order valence-electron chi connectivity index (χ1n) is 11.5. The van der Waals surface area contributed by atoms with Gasteiger partial charge in [-0.25, -0.2) is 0 Å². The highest BCUT2D eigenvalue weighted by molar-refractivity contribution is 5.93. The average molecular weight is 446 g/mol. The summed E-state index contributed by atoms with van der Waals surface area (Å²) < 4.78 is 5.30. The van der Waals surface area contributed by atoms with Gasteiger partial charge in [0.15, 0.2) is 0 Å². The first-order valence-corrected chi connectivity index (χ1v) is 11.5. The third-order valence-electron chi connectivity index (χ3n) is 6.53. The molecule has 6 nitrogen and oxygen atoms in total. The average Bonchev–Trinajstić information content (AvgIpc) is 3.47.